The highest BCUT2D eigenvalue weighted by atomic mass is 31.2. The standard InChI is InChI=1S/C7H7O3P/c8-11-9-7(10-11)6-4-2-1-3-5-6/h1-5,7-8H. The Hall–Kier alpha value is -0.470. The first-order chi connectivity index (χ1) is 5.36. The zero-order valence-electron chi connectivity index (χ0n) is 5.68. The first-order valence-electron chi connectivity index (χ1n) is 3.24. The van der Waals surface area contributed by atoms with Crippen molar-refractivity contribution in [1.29, 1.82) is 0 Å². The summed E-state index contributed by atoms with van der Waals surface area (Å²) in [7, 11) is -1.58. The fourth-order valence-corrected chi connectivity index (χ4v) is 1.49. The lowest BCUT2D eigenvalue weighted by Gasteiger charge is -2.29. The number of benzene rings is 1. The van der Waals surface area contributed by atoms with Crippen LogP contribution in [0.4, 0.5) is 0 Å². The molecule has 1 fully saturated rings. The summed E-state index contributed by atoms with van der Waals surface area (Å²) in [6, 6.07) is 9.52. The van der Waals surface area contributed by atoms with Crippen molar-refractivity contribution < 1.29 is 13.9 Å². The molecule has 4 heteroatoms. The summed E-state index contributed by atoms with van der Waals surface area (Å²) in [5.41, 5.74) is 0.945. The molecule has 1 aromatic rings. The second kappa shape index (κ2) is 2.88. The maximum atomic E-state index is 8.70. The molecule has 11 heavy (non-hydrogen) atoms. The Morgan fingerprint density at radius 3 is 2.36 bits per heavy atom. The molecule has 1 N–H and O–H groups in total. The summed E-state index contributed by atoms with van der Waals surface area (Å²) in [6.07, 6.45) is -0.354. The van der Waals surface area contributed by atoms with Crippen molar-refractivity contribution in [3.63, 3.8) is 0 Å². The zero-order valence-corrected chi connectivity index (χ0v) is 6.57. The fraction of sp³-hybridized carbons (Fsp3) is 0.143. The summed E-state index contributed by atoms with van der Waals surface area (Å²) in [4.78, 5) is 8.70. The first kappa shape index (κ1) is 7.19. The number of hydrogen-bond acceptors (Lipinski definition) is 3. The third-order valence-electron chi connectivity index (χ3n) is 1.44. The van der Waals surface area contributed by atoms with Gasteiger partial charge in [-0.25, -0.2) is 0 Å². The fourth-order valence-electron chi connectivity index (χ4n) is 0.904. The highest BCUT2D eigenvalue weighted by Crippen LogP contribution is 2.54. The molecule has 0 saturated carbocycles. The van der Waals surface area contributed by atoms with E-state index in [0.29, 0.717) is 0 Å². The third kappa shape index (κ3) is 1.42. The van der Waals surface area contributed by atoms with Crippen LogP contribution in [0.1, 0.15) is 11.9 Å². The van der Waals surface area contributed by atoms with Gasteiger partial charge in [-0.05, 0) is 0 Å². The second-order valence-corrected chi connectivity index (χ2v) is 3.09. The molecule has 0 atom stereocenters. The lowest BCUT2D eigenvalue weighted by molar-refractivity contribution is -0.0960. The van der Waals surface area contributed by atoms with Gasteiger partial charge in [0.05, 0.1) is 0 Å². The SMILES string of the molecule is OP1OC(c2ccccc2)O1. The van der Waals surface area contributed by atoms with Crippen LogP contribution in [-0.4, -0.2) is 4.89 Å². The lowest BCUT2D eigenvalue weighted by atomic mass is 10.2. The Bertz CT molecular complexity index is 233. The van der Waals surface area contributed by atoms with Crippen molar-refractivity contribution >= 4 is 8.60 Å². The lowest BCUT2D eigenvalue weighted by Crippen LogP contribution is -2.13. The molecule has 1 aromatic carbocycles. The molecule has 1 saturated heterocycles. The maximum absolute atomic E-state index is 8.70. The number of hydrogen-bond donors (Lipinski definition) is 1. The van der Waals surface area contributed by atoms with E-state index in [9.17, 15) is 0 Å². The molecule has 1 heterocycles. The largest absolute Gasteiger partial charge is 0.335 e. The van der Waals surface area contributed by atoms with Gasteiger partial charge in [-0.2, -0.15) is 0 Å². The van der Waals surface area contributed by atoms with Gasteiger partial charge in [0.1, 0.15) is 0 Å². The van der Waals surface area contributed by atoms with Crippen LogP contribution in [0.25, 0.3) is 0 Å². The van der Waals surface area contributed by atoms with Crippen LogP contribution >= 0.6 is 8.60 Å². The molecular weight excluding hydrogens is 163 g/mol. The third-order valence-corrected chi connectivity index (χ3v) is 2.19. The van der Waals surface area contributed by atoms with Gasteiger partial charge in [0.25, 0.3) is 0 Å². The average molecular weight is 170 g/mol. The predicted octanol–water partition coefficient (Wildman–Crippen LogP) is 1.95. The molecule has 0 aliphatic carbocycles. The Balaban J connectivity index is 2.08. The Morgan fingerprint density at radius 2 is 1.82 bits per heavy atom. The molecular formula is C7H7O3P. The van der Waals surface area contributed by atoms with E-state index < -0.39 is 8.60 Å². The Labute approximate surface area is 65.6 Å². The zero-order chi connectivity index (χ0) is 7.68. The molecule has 0 spiro atoms. The Morgan fingerprint density at radius 1 is 1.18 bits per heavy atom. The van der Waals surface area contributed by atoms with Crippen molar-refractivity contribution in [3.8, 4) is 0 Å². The van der Waals surface area contributed by atoms with Crippen LogP contribution in [0.2, 0.25) is 0 Å². The summed E-state index contributed by atoms with van der Waals surface area (Å²) in [5, 5.41) is 0. The predicted molar refractivity (Wildman–Crippen MR) is 40.5 cm³/mol. The summed E-state index contributed by atoms with van der Waals surface area (Å²) in [5.74, 6) is 0. The average Bonchev–Trinajstić information content (AvgIpc) is 2.01. The quantitative estimate of drug-likeness (QED) is 0.654. The highest BCUT2D eigenvalue weighted by Gasteiger charge is 2.31. The van der Waals surface area contributed by atoms with Crippen LogP contribution in [0.5, 0.6) is 0 Å². The van der Waals surface area contributed by atoms with Gasteiger partial charge < -0.3 is 4.89 Å². The molecule has 0 bridgehead atoms. The van der Waals surface area contributed by atoms with Gasteiger partial charge in [0.15, 0.2) is 0 Å². The van der Waals surface area contributed by atoms with Crippen LogP contribution in [0, 0.1) is 0 Å². The molecule has 0 radical (unpaired) electrons. The topological polar surface area (TPSA) is 38.7 Å². The number of rotatable bonds is 1. The highest BCUT2D eigenvalue weighted by molar-refractivity contribution is 7.41. The molecule has 1 aliphatic heterocycles. The van der Waals surface area contributed by atoms with Gasteiger partial charge in [-0.1, -0.05) is 30.3 Å². The minimum atomic E-state index is -1.58. The molecule has 0 amide bonds. The van der Waals surface area contributed by atoms with Gasteiger partial charge in [-0.3, -0.25) is 9.05 Å². The Kier molecular flexibility index (Phi) is 1.88. The van der Waals surface area contributed by atoms with Crippen LogP contribution in [-0.2, 0) is 9.05 Å². The van der Waals surface area contributed by atoms with E-state index in [0.717, 1.165) is 5.56 Å². The van der Waals surface area contributed by atoms with E-state index in [1.54, 1.807) is 0 Å². The summed E-state index contributed by atoms with van der Waals surface area (Å²) >= 11 is 0. The molecule has 2 rings (SSSR count). The second-order valence-electron chi connectivity index (χ2n) is 2.19. The summed E-state index contributed by atoms with van der Waals surface area (Å²) < 4.78 is 9.85. The van der Waals surface area contributed by atoms with Gasteiger partial charge in [0.2, 0.25) is 6.29 Å². The molecule has 0 aromatic heterocycles. The van der Waals surface area contributed by atoms with Crippen molar-refractivity contribution in [1.82, 2.24) is 0 Å². The van der Waals surface area contributed by atoms with Crippen molar-refractivity contribution in [2.75, 3.05) is 0 Å². The van der Waals surface area contributed by atoms with E-state index in [4.69, 9.17) is 13.9 Å². The van der Waals surface area contributed by atoms with Crippen molar-refractivity contribution in [2.24, 2.45) is 0 Å². The molecule has 1 aliphatic rings. The normalized spacial score (nSPS) is 29.5. The van der Waals surface area contributed by atoms with Crippen LogP contribution < -0.4 is 0 Å². The van der Waals surface area contributed by atoms with E-state index >= 15 is 0 Å². The van der Waals surface area contributed by atoms with E-state index in [-0.39, 0.29) is 6.29 Å². The van der Waals surface area contributed by atoms with Gasteiger partial charge >= 0.3 is 8.60 Å². The molecule has 58 valence electrons. The van der Waals surface area contributed by atoms with Crippen LogP contribution in [0.3, 0.4) is 0 Å². The molecule has 3 nitrogen and oxygen atoms in total. The minimum absolute atomic E-state index is 0.354. The van der Waals surface area contributed by atoms with Crippen LogP contribution in [0.15, 0.2) is 30.3 Å². The van der Waals surface area contributed by atoms with Crippen molar-refractivity contribution in [3.05, 3.63) is 35.9 Å². The summed E-state index contributed by atoms with van der Waals surface area (Å²) in [6.45, 7) is 0. The van der Waals surface area contributed by atoms with Crippen molar-refractivity contribution in [2.45, 2.75) is 6.29 Å². The van der Waals surface area contributed by atoms with Gasteiger partial charge in [-0.15, -0.1) is 0 Å². The smallest absolute Gasteiger partial charge is 0.328 e. The monoisotopic (exact) mass is 170 g/mol. The maximum Gasteiger partial charge on any atom is 0.335 e. The minimum Gasteiger partial charge on any atom is -0.328 e. The van der Waals surface area contributed by atoms with E-state index in [1.807, 2.05) is 30.3 Å². The van der Waals surface area contributed by atoms with E-state index in [1.165, 1.54) is 0 Å². The first-order valence-corrected chi connectivity index (χ1v) is 4.37. The van der Waals surface area contributed by atoms with Gasteiger partial charge in [0, 0.05) is 5.56 Å². The van der Waals surface area contributed by atoms with E-state index in [2.05, 4.69) is 0 Å². The molecule has 0 unspecified atom stereocenters.